The molecule has 7 heteroatoms. The van der Waals surface area contributed by atoms with Crippen LogP contribution in [0.15, 0.2) is 23.1 Å². The number of likely N-dealkylation sites (N-methyl/N-ethyl adjacent to an activating group) is 1. The van der Waals surface area contributed by atoms with Crippen LogP contribution < -0.4 is 10.5 Å². The van der Waals surface area contributed by atoms with E-state index >= 15 is 0 Å². The van der Waals surface area contributed by atoms with E-state index in [-0.39, 0.29) is 10.8 Å². The Morgan fingerprint density at radius 2 is 2.05 bits per heavy atom. The van der Waals surface area contributed by atoms with Crippen LogP contribution in [0, 0.1) is 6.92 Å². The summed E-state index contributed by atoms with van der Waals surface area (Å²) >= 11 is 0. The molecule has 0 aliphatic heterocycles. The molecule has 0 aromatic heterocycles. The number of rotatable bonds is 5. The average Bonchev–Trinajstić information content (AvgIpc) is 2.39. The maximum atomic E-state index is 12.3. The van der Waals surface area contributed by atoms with Gasteiger partial charge in [-0.25, -0.2) is 8.42 Å². The number of nitrogen functional groups attached to an aromatic ring is 1. The van der Waals surface area contributed by atoms with Gasteiger partial charge in [-0.2, -0.15) is 4.72 Å². The van der Waals surface area contributed by atoms with Crippen molar-refractivity contribution in [3.8, 4) is 0 Å². The summed E-state index contributed by atoms with van der Waals surface area (Å²) in [7, 11) is -2.15. The normalized spacial score (nSPS) is 13.0. The van der Waals surface area contributed by atoms with Crippen molar-refractivity contribution in [2.75, 3.05) is 19.3 Å². The molecule has 0 aliphatic carbocycles. The van der Waals surface area contributed by atoms with Crippen LogP contribution in [-0.2, 0) is 14.8 Å². The lowest BCUT2D eigenvalue weighted by atomic mass is 10.2. The van der Waals surface area contributed by atoms with E-state index in [9.17, 15) is 13.2 Å². The van der Waals surface area contributed by atoms with Gasteiger partial charge in [-0.1, -0.05) is 6.07 Å². The zero-order chi connectivity index (χ0) is 15.5. The maximum absolute atomic E-state index is 12.3. The quantitative estimate of drug-likeness (QED) is 0.784. The van der Waals surface area contributed by atoms with E-state index < -0.39 is 16.1 Å². The Morgan fingerprint density at radius 3 is 2.60 bits per heavy atom. The van der Waals surface area contributed by atoms with Gasteiger partial charge < -0.3 is 10.6 Å². The zero-order valence-corrected chi connectivity index (χ0v) is 13.0. The smallest absolute Gasteiger partial charge is 0.241 e. The summed E-state index contributed by atoms with van der Waals surface area (Å²) in [4.78, 5) is 13.5. The largest absolute Gasteiger partial charge is 0.399 e. The number of hydrogen-bond donors (Lipinski definition) is 2. The standard InChI is InChI=1S/C13H21N3O3S/c1-5-16(4)13(17)10(3)15-20(18,19)12-8-11(14)7-6-9(12)2/h6-8,10,15H,5,14H2,1-4H3. The van der Waals surface area contributed by atoms with Gasteiger partial charge in [-0.3, -0.25) is 4.79 Å². The highest BCUT2D eigenvalue weighted by Gasteiger charge is 2.25. The first-order chi connectivity index (χ1) is 9.19. The van der Waals surface area contributed by atoms with E-state index in [2.05, 4.69) is 4.72 Å². The molecule has 0 heterocycles. The maximum Gasteiger partial charge on any atom is 0.241 e. The van der Waals surface area contributed by atoms with Gasteiger partial charge in [-0.05, 0) is 38.5 Å². The van der Waals surface area contributed by atoms with Crippen molar-refractivity contribution in [2.45, 2.75) is 31.7 Å². The first kappa shape index (κ1) is 16.5. The fraction of sp³-hybridized carbons (Fsp3) is 0.462. The van der Waals surface area contributed by atoms with Gasteiger partial charge in [0.1, 0.15) is 0 Å². The van der Waals surface area contributed by atoms with E-state index in [1.54, 1.807) is 26.1 Å². The van der Waals surface area contributed by atoms with Crippen LogP contribution in [0.5, 0.6) is 0 Å². The minimum atomic E-state index is -3.78. The number of benzene rings is 1. The van der Waals surface area contributed by atoms with Gasteiger partial charge in [-0.15, -0.1) is 0 Å². The fourth-order valence-corrected chi connectivity index (χ4v) is 3.22. The van der Waals surface area contributed by atoms with E-state index in [4.69, 9.17) is 5.73 Å². The number of anilines is 1. The third kappa shape index (κ3) is 3.71. The number of nitrogens with one attached hydrogen (secondary N) is 1. The molecule has 6 nitrogen and oxygen atoms in total. The molecule has 0 aliphatic rings. The van der Waals surface area contributed by atoms with Gasteiger partial charge >= 0.3 is 0 Å². The highest BCUT2D eigenvalue weighted by molar-refractivity contribution is 7.89. The van der Waals surface area contributed by atoms with Crippen molar-refractivity contribution in [1.82, 2.24) is 9.62 Å². The molecule has 0 saturated carbocycles. The second kappa shape index (κ2) is 6.23. The monoisotopic (exact) mass is 299 g/mol. The van der Waals surface area contributed by atoms with E-state index in [1.807, 2.05) is 6.92 Å². The molecule has 1 amide bonds. The molecule has 0 radical (unpaired) electrons. The summed E-state index contributed by atoms with van der Waals surface area (Å²) in [6.45, 7) is 5.54. The summed E-state index contributed by atoms with van der Waals surface area (Å²) < 4.78 is 27.0. The molecule has 1 unspecified atom stereocenters. The first-order valence-electron chi connectivity index (χ1n) is 6.32. The van der Waals surface area contributed by atoms with E-state index in [0.29, 0.717) is 17.8 Å². The Kier molecular flexibility index (Phi) is 5.13. The van der Waals surface area contributed by atoms with Gasteiger partial charge in [0, 0.05) is 19.3 Å². The van der Waals surface area contributed by atoms with Crippen LogP contribution in [0.3, 0.4) is 0 Å². The zero-order valence-electron chi connectivity index (χ0n) is 12.2. The number of amides is 1. The predicted octanol–water partition coefficient (Wildman–Crippen LogP) is 0.722. The molecule has 3 N–H and O–H groups in total. The highest BCUT2D eigenvalue weighted by atomic mass is 32.2. The summed E-state index contributed by atoms with van der Waals surface area (Å²) in [5.41, 5.74) is 6.56. The molecular formula is C13H21N3O3S. The lowest BCUT2D eigenvalue weighted by molar-refractivity contribution is -0.131. The molecule has 0 bridgehead atoms. The minimum absolute atomic E-state index is 0.0938. The van der Waals surface area contributed by atoms with Crippen LogP contribution in [0.25, 0.3) is 0 Å². The summed E-state index contributed by atoms with van der Waals surface area (Å²) in [5.74, 6) is -0.280. The van der Waals surface area contributed by atoms with Crippen molar-refractivity contribution < 1.29 is 13.2 Å². The van der Waals surface area contributed by atoms with Gasteiger partial charge in [0.25, 0.3) is 0 Å². The molecule has 1 rings (SSSR count). The molecule has 0 fully saturated rings. The van der Waals surface area contributed by atoms with Crippen LogP contribution in [0.1, 0.15) is 19.4 Å². The Balaban J connectivity index is 3.01. The Labute approximate surface area is 120 Å². The van der Waals surface area contributed by atoms with Crippen molar-refractivity contribution in [1.29, 1.82) is 0 Å². The van der Waals surface area contributed by atoms with Crippen LogP contribution in [0.4, 0.5) is 5.69 Å². The molecule has 0 spiro atoms. The molecule has 1 aromatic carbocycles. The van der Waals surface area contributed by atoms with E-state index in [0.717, 1.165) is 0 Å². The number of carbonyl (C=O) groups is 1. The number of aryl methyl sites for hydroxylation is 1. The van der Waals surface area contributed by atoms with Gasteiger partial charge in [0.05, 0.1) is 10.9 Å². The molecule has 0 saturated heterocycles. The lowest BCUT2D eigenvalue weighted by Crippen LogP contribution is -2.45. The SMILES string of the molecule is CCN(C)C(=O)C(C)NS(=O)(=O)c1cc(N)ccc1C. The molecule has 20 heavy (non-hydrogen) atoms. The van der Waals surface area contributed by atoms with Crippen molar-refractivity contribution in [3.05, 3.63) is 23.8 Å². The van der Waals surface area contributed by atoms with Crippen molar-refractivity contribution >= 4 is 21.6 Å². The fourth-order valence-electron chi connectivity index (χ4n) is 1.74. The van der Waals surface area contributed by atoms with Gasteiger partial charge in [0.2, 0.25) is 15.9 Å². The lowest BCUT2D eigenvalue weighted by Gasteiger charge is -2.21. The topological polar surface area (TPSA) is 92.5 Å². The van der Waals surface area contributed by atoms with Crippen LogP contribution >= 0.6 is 0 Å². The van der Waals surface area contributed by atoms with Crippen molar-refractivity contribution in [3.63, 3.8) is 0 Å². The molecule has 1 atom stereocenters. The Bertz CT molecular complexity index is 599. The van der Waals surface area contributed by atoms with Crippen LogP contribution in [-0.4, -0.2) is 38.9 Å². The Morgan fingerprint density at radius 1 is 1.45 bits per heavy atom. The number of nitrogens with two attached hydrogens (primary N) is 1. The number of nitrogens with zero attached hydrogens (tertiary/aromatic N) is 1. The predicted molar refractivity (Wildman–Crippen MR) is 78.7 cm³/mol. The van der Waals surface area contributed by atoms with Gasteiger partial charge in [0.15, 0.2) is 0 Å². The van der Waals surface area contributed by atoms with Crippen molar-refractivity contribution in [2.24, 2.45) is 0 Å². The number of carbonyl (C=O) groups excluding carboxylic acids is 1. The van der Waals surface area contributed by atoms with E-state index in [1.165, 1.54) is 17.9 Å². The first-order valence-corrected chi connectivity index (χ1v) is 7.80. The summed E-state index contributed by atoms with van der Waals surface area (Å²) in [6, 6.07) is 3.83. The minimum Gasteiger partial charge on any atom is -0.399 e. The number of hydrogen-bond acceptors (Lipinski definition) is 4. The summed E-state index contributed by atoms with van der Waals surface area (Å²) in [5, 5.41) is 0. The molecule has 1 aromatic rings. The molecular weight excluding hydrogens is 278 g/mol. The summed E-state index contributed by atoms with van der Waals surface area (Å²) in [6.07, 6.45) is 0. The highest BCUT2D eigenvalue weighted by Crippen LogP contribution is 2.18. The second-order valence-corrected chi connectivity index (χ2v) is 6.40. The number of sulfonamides is 1. The third-order valence-electron chi connectivity index (χ3n) is 3.05. The third-order valence-corrected chi connectivity index (χ3v) is 4.74. The second-order valence-electron chi connectivity index (χ2n) is 4.72. The Hall–Kier alpha value is -1.60. The molecule has 112 valence electrons. The van der Waals surface area contributed by atoms with Crippen LogP contribution in [0.2, 0.25) is 0 Å². The average molecular weight is 299 g/mol.